The van der Waals surface area contributed by atoms with E-state index in [1.807, 2.05) is 61.5 Å². The number of nitrogens with one attached hydrogen (secondary N) is 2. The third kappa shape index (κ3) is 5.02. The summed E-state index contributed by atoms with van der Waals surface area (Å²) in [6.07, 6.45) is 0.233. The zero-order valence-electron chi connectivity index (χ0n) is 15.6. The number of hydrogen-bond donors (Lipinski definition) is 2. The Hall–Kier alpha value is -3.04. The number of amides is 2. The van der Waals surface area contributed by atoms with Gasteiger partial charge in [-0.25, -0.2) is 0 Å². The van der Waals surface area contributed by atoms with E-state index in [0.717, 1.165) is 11.1 Å². The molecule has 0 fully saturated rings. The van der Waals surface area contributed by atoms with Crippen LogP contribution in [-0.4, -0.2) is 17.6 Å². The standard InChI is InChI=1S/C22H21N3O2S/c1-15-7-9-16(10-8-15)13-24-21(27)14-28-22-19(12-23)18(11-20(26)25-22)17-5-3-2-4-6-17/h2-10,18H,11,13-14H2,1H3,(H,24,27)(H,25,26)/t18-/m0/s1. The van der Waals surface area contributed by atoms with Crippen molar-refractivity contribution in [2.45, 2.75) is 25.8 Å². The third-order valence-corrected chi connectivity index (χ3v) is 5.53. The number of hydrogen-bond acceptors (Lipinski definition) is 4. The van der Waals surface area contributed by atoms with Gasteiger partial charge in [0.2, 0.25) is 11.8 Å². The van der Waals surface area contributed by atoms with Crippen LogP contribution in [0.1, 0.15) is 29.0 Å². The second-order valence-electron chi connectivity index (χ2n) is 6.62. The summed E-state index contributed by atoms with van der Waals surface area (Å²) in [6.45, 7) is 2.46. The highest BCUT2D eigenvalue weighted by atomic mass is 32.2. The number of rotatable bonds is 6. The van der Waals surface area contributed by atoms with Gasteiger partial charge in [0, 0.05) is 18.9 Å². The SMILES string of the molecule is Cc1ccc(CNC(=O)CSC2=C(C#N)[C@H](c3ccccc3)CC(=O)N2)cc1. The van der Waals surface area contributed by atoms with E-state index in [1.165, 1.54) is 17.3 Å². The first-order valence-corrected chi connectivity index (χ1v) is 9.99. The van der Waals surface area contributed by atoms with E-state index in [4.69, 9.17) is 0 Å². The molecule has 2 aromatic rings. The molecule has 1 heterocycles. The number of carbonyl (C=O) groups is 2. The molecule has 142 valence electrons. The van der Waals surface area contributed by atoms with E-state index in [1.54, 1.807) is 0 Å². The van der Waals surface area contributed by atoms with E-state index < -0.39 is 0 Å². The van der Waals surface area contributed by atoms with Crippen LogP contribution >= 0.6 is 11.8 Å². The van der Waals surface area contributed by atoms with Crippen molar-refractivity contribution in [2.75, 3.05) is 5.75 Å². The van der Waals surface area contributed by atoms with Gasteiger partial charge in [-0.3, -0.25) is 9.59 Å². The molecule has 0 saturated heterocycles. The largest absolute Gasteiger partial charge is 0.351 e. The van der Waals surface area contributed by atoms with Gasteiger partial charge >= 0.3 is 0 Å². The second kappa shape index (κ2) is 9.25. The highest BCUT2D eigenvalue weighted by Gasteiger charge is 2.29. The molecule has 0 saturated carbocycles. The molecule has 2 aromatic carbocycles. The summed E-state index contributed by atoms with van der Waals surface area (Å²) in [6, 6.07) is 19.7. The van der Waals surface area contributed by atoms with Crippen LogP contribution in [-0.2, 0) is 16.1 Å². The summed E-state index contributed by atoms with van der Waals surface area (Å²) >= 11 is 1.19. The summed E-state index contributed by atoms with van der Waals surface area (Å²) in [5.74, 6) is -0.436. The van der Waals surface area contributed by atoms with E-state index >= 15 is 0 Å². The highest BCUT2D eigenvalue weighted by Crippen LogP contribution is 2.35. The maximum Gasteiger partial charge on any atom is 0.230 e. The molecule has 1 aliphatic rings. The molecule has 0 radical (unpaired) electrons. The fourth-order valence-corrected chi connectivity index (χ4v) is 3.91. The van der Waals surface area contributed by atoms with Crippen molar-refractivity contribution in [3.63, 3.8) is 0 Å². The van der Waals surface area contributed by atoms with Crippen LogP contribution in [0.4, 0.5) is 0 Å². The lowest BCUT2D eigenvalue weighted by Gasteiger charge is -2.25. The van der Waals surface area contributed by atoms with Gasteiger partial charge in [-0.15, -0.1) is 0 Å². The van der Waals surface area contributed by atoms with Gasteiger partial charge < -0.3 is 10.6 Å². The minimum atomic E-state index is -0.280. The van der Waals surface area contributed by atoms with Crippen molar-refractivity contribution in [1.29, 1.82) is 5.26 Å². The van der Waals surface area contributed by atoms with Crippen molar-refractivity contribution < 1.29 is 9.59 Å². The van der Waals surface area contributed by atoms with Gasteiger partial charge in [-0.2, -0.15) is 5.26 Å². The molecule has 0 aromatic heterocycles. The normalized spacial score (nSPS) is 16.3. The molecule has 28 heavy (non-hydrogen) atoms. The molecule has 2 amide bonds. The molecule has 6 heteroatoms. The molecular weight excluding hydrogens is 370 g/mol. The van der Waals surface area contributed by atoms with Crippen LogP contribution in [0.3, 0.4) is 0 Å². The average molecular weight is 391 g/mol. The Bertz CT molecular complexity index is 931. The zero-order chi connectivity index (χ0) is 19.9. The number of benzene rings is 2. The van der Waals surface area contributed by atoms with Gasteiger partial charge in [0.15, 0.2) is 0 Å². The fourth-order valence-electron chi connectivity index (χ4n) is 3.00. The van der Waals surface area contributed by atoms with Gasteiger partial charge in [-0.05, 0) is 18.1 Å². The van der Waals surface area contributed by atoms with Crippen LogP contribution in [0.2, 0.25) is 0 Å². The Morgan fingerprint density at radius 3 is 2.61 bits per heavy atom. The molecule has 0 aliphatic carbocycles. The molecule has 5 nitrogen and oxygen atoms in total. The molecule has 1 atom stereocenters. The summed E-state index contributed by atoms with van der Waals surface area (Å²) in [4.78, 5) is 24.3. The maximum absolute atomic E-state index is 12.2. The number of allylic oxidation sites excluding steroid dienone is 1. The molecule has 3 rings (SSSR count). The molecule has 0 unspecified atom stereocenters. The van der Waals surface area contributed by atoms with Crippen molar-refractivity contribution in [2.24, 2.45) is 0 Å². The number of nitriles is 1. The van der Waals surface area contributed by atoms with Crippen molar-refractivity contribution >= 4 is 23.6 Å². The molecule has 1 aliphatic heterocycles. The predicted molar refractivity (Wildman–Crippen MR) is 110 cm³/mol. The maximum atomic E-state index is 12.2. The van der Waals surface area contributed by atoms with Crippen LogP contribution in [0.15, 0.2) is 65.2 Å². The monoisotopic (exact) mass is 391 g/mol. The Morgan fingerprint density at radius 1 is 1.21 bits per heavy atom. The molecule has 0 bridgehead atoms. The van der Waals surface area contributed by atoms with Crippen molar-refractivity contribution in [3.8, 4) is 6.07 Å². The molecule has 0 spiro atoms. The second-order valence-corrected chi connectivity index (χ2v) is 7.61. The number of nitrogens with zero attached hydrogens (tertiary/aromatic N) is 1. The summed E-state index contributed by atoms with van der Waals surface area (Å²) < 4.78 is 0. The van der Waals surface area contributed by atoms with Gasteiger partial charge in [0.1, 0.15) is 0 Å². The number of aryl methyl sites for hydroxylation is 1. The van der Waals surface area contributed by atoms with Crippen molar-refractivity contribution in [1.82, 2.24) is 10.6 Å². The van der Waals surface area contributed by atoms with Crippen LogP contribution < -0.4 is 10.6 Å². The number of carbonyl (C=O) groups excluding carboxylic acids is 2. The summed E-state index contributed by atoms with van der Waals surface area (Å²) in [5, 5.41) is 15.7. The Kier molecular flexibility index (Phi) is 6.51. The lowest BCUT2D eigenvalue weighted by molar-refractivity contribution is -0.121. The van der Waals surface area contributed by atoms with Gasteiger partial charge in [0.05, 0.1) is 22.4 Å². The minimum absolute atomic E-state index is 0.133. The smallest absolute Gasteiger partial charge is 0.230 e. The lowest BCUT2D eigenvalue weighted by Crippen LogP contribution is -2.32. The van der Waals surface area contributed by atoms with Crippen LogP contribution in [0.25, 0.3) is 0 Å². The highest BCUT2D eigenvalue weighted by molar-refractivity contribution is 8.03. The van der Waals surface area contributed by atoms with Crippen LogP contribution in [0.5, 0.6) is 0 Å². The van der Waals surface area contributed by atoms with E-state index in [0.29, 0.717) is 17.1 Å². The summed E-state index contributed by atoms with van der Waals surface area (Å²) in [5.41, 5.74) is 3.62. The third-order valence-electron chi connectivity index (χ3n) is 4.52. The lowest BCUT2D eigenvalue weighted by atomic mass is 9.87. The molecule has 2 N–H and O–H groups in total. The first-order valence-electron chi connectivity index (χ1n) is 9.01. The average Bonchev–Trinajstić information content (AvgIpc) is 2.72. The van der Waals surface area contributed by atoms with Crippen molar-refractivity contribution in [3.05, 3.63) is 81.9 Å². The quantitative estimate of drug-likeness (QED) is 0.791. The Labute approximate surface area is 168 Å². The summed E-state index contributed by atoms with van der Waals surface area (Å²) in [7, 11) is 0. The van der Waals surface area contributed by atoms with Gasteiger partial charge in [0.25, 0.3) is 0 Å². The first kappa shape index (κ1) is 19.7. The zero-order valence-corrected chi connectivity index (χ0v) is 16.4. The predicted octanol–water partition coefficient (Wildman–Crippen LogP) is 3.38. The molecular formula is C22H21N3O2S. The number of thioether (sulfide) groups is 1. The fraction of sp³-hybridized carbons (Fsp3) is 0.227. The topological polar surface area (TPSA) is 82.0 Å². The van der Waals surface area contributed by atoms with Crippen LogP contribution in [0, 0.1) is 18.3 Å². The van der Waals surface area contributed by atoms with Gasteiger partial charge in [-0.1, -0.05) is 71.9 Å². The Morgan fingerprint density at radius 2 is 1.93 bits per heavy atom. The Balaban J connectivity index is 1.64. The van der Waals surface area contributed by atoms with E-state index in [2.05, 4.69) is 16.7 Å². The van der Waals surface area contributed by atoms with E-state index in [-0.39, 0.29) is 29.9 Å². The minimum Gasteiger partial charge on any atom is -0.351 e. The van der Waals surface area contributed by atoms with E-state index in [9.17, 15) is 14.9 Å². The first-order chi connectivity index (χ1) is 13.6.